The molecule has 1 fully saturated rings. The van der Waals surface area contributed by atoms with E-state index in [1.54, 1.807) is 36.9 Å². The highest BCUT2D eigenvalue weighted by Crippen LogP contribution is 2.32. The third-order valence-electron chi connectivity index (χ3n) is 6.79. The van der Waals surface area contributed by atoms with E-state index < -0.39 is 0 Å². The first kappa shape index (κ1) is 22.5. The molecule has 6 heterocycles. The molecule has 10 heteroatoms. The van der Waals surface area contributed by atoms with E-state index in [4.69, 9.17) is 9.72 Å². The summed E-state index contributed by atoms with van der Waals surface area (Å²) < 4.78 is 19.7. The molecule has 5 aromatic heterocycles. The van der Waals surface area contributed by atoms with Gasteiger partial charge in [0.2, 0.25) is 0 Å². The van der Waals surface area contributed by atoms with E-state index in [9.17, 15) is 4.39 Å². The third-order valence-corrected chi connectivity index (χ3v) is 6.79. The molecule has 0 amide bonds. The number of piperidine rings is 1. The van der Waals surface area contributed by atoms with Gasteiger partial charge in [-0.1, -0.05) is 0 Å². The maximum absolute atomic E-state index is 13.5. The molecule has 0 atom stereocenters. The highest BCUT2D eigenvalue weighted by Gasteiger charge is 2.18. The normalized spacial score (nSPS) is 14.3. The van der Waals surface area contributed by atoms with Crippen molar-refractivity contribution in [2.45, 2.75) is 18.9 Å². The van der Waals surface area contributed by atoms with Gasteiger partial charge in [0, 0.05) is 35.3 Å². The molecule has 3 N–H and O–H groups in total. The molecule has 0 aliphatic carbocycles. The van der Waals surface area contributed by atoms with Gasteiger partial charge in [0.25, 0.3) is 0 Å². The molecule has 1 aromatic carbocycles. The van der Waals surface area contributed by atoms with E-state index in [0.717, 1.165) is 59.3 Å². The van der Waals surface area contributed by atoms with Crippen molar-refractivity contribution in [3.05, 3.63) is 73.1 Å². The molecule has 0 saturated carbocycles. The minimum atomic E-state index is -0.298. The zero-order valence-corrected chi connectivity index (χ0v) is 20.3. The molecule has 188 valence electrons. The highest BCUT2D eigenvalue weighted by molar-refractivity contribution is 5.96. The topological polar surface area (TPSA) is 117 Å². The summed E-state index contributed by atoms with van der Waals surface area (Å²) in [6.45, 7) is 1.93. The third kappa shape index (κ3) is 4.14. The van der Waals surface area contributed by atoms with Gasteiger partial charge in [0.05, 0.1) is 22.8 Å². The smallest absolute Gasteiger partial charge is 0.159 e. The Hall–Kier alpha value is -4.70. The molecule has 6 aromatic rings. The second kappa shape index (κ2) is 9.31. The molecule has 7 rings (SSSR count). The van der Waals surface area contributed by atoms with Crippen LogP contribution in [0.15, 0.2) is 67.3 Å². The van der Waals surface area contributed by atoms with Gasteiger partial charge in [-0.2, -0.15) is 5.10 Å². The summed E-state index contributed by atoms with van der Waals surface area (Å²) in [5.41, 5.74) is 6.04. The first-order valence-electron chi connectivity index (χ1n) is 12.5. The number of nitrogens with zero attached hydrogens (tertiary/aromatic N) is 5. The van der Waals surface area contributed by atoms with Crippen molar-refractivity contribution in [3.8, 4) is 39.7 Å². The SMILES string of the molecule is Fc1ccc(-c2nccc3[nH]c(-c4n[nH]c5ncc(-c6cncc(OC7CCNCC7)c6)cc45)nc23)cc1. The minimum Gasteiger partial charge on any atom is -0.489 e. The molecular weight excluding hydrogens is 483 g/mol. The van der Waals surface area contributed by atoms with Gasteiger partial charge < -0.3 is 15.0 Å². The Kier molecular flexibility index (Phi) is 5.51. The van der Waals surface area contributed by atoms with Crippen LogP contribution in [0.4, 0.5) is 4.39 Å². The second-order valence-electron chi connectivity index (χ2n) is 9.32. The van der Waals surface area contributed by atoms with Gasteiger partial charge in [-0.15, -0.1) is 0 Å². The van der Waals surface area contributed by atoms with Crippen LogP contribution in [0.2, 0.25) is 0 Å². The Labute approximate surface area is 216 Å². The predicted octanol–water partition coefficient (Wildman–Crippen LogP) is 4.90. The molecular formula is C28H23FN8O. The number of pyridine rings is 3. The standard InChI is InChI=1S/C28H23FN8O/c29-19-3-1-16(2-4-19)24-26-23(7-10-32-24)34-28(35-26)25-22-12-18(14-33-27(22)37-36-25)17-11-21(15-31-13-17)38-20-5-8-30-9-6-20/h1-4,7,10-15,20,30H,5-6,8-9H2,(H,34,35)(H,33,36,37). The lowest BCUT2D eigenvalue weighted by molar-refractivity contribution is 0.162. The lowest BCUT2D eigenvalue weighted by Crippen LogP contribution is -2.34. The van der Waals surface area contributed by atoms with Crippen molar-refractivity contribution < 1.29 is 9.13 Å². The largest absolute Gasteiger partial charge is 0.489 e. The highest BCUT2D eigenvalue weighted by atomic mass is 19.1. The quantitative estimate of drug-likeness (QED) is 0.305. The summed E-state index contributed by atoms with van der Waals surface area (Å²) in [5, 5.41) is 11.7. The van der Waals surface area contributed by atoms with Crippen molar-refractivity contribution in [3.63, 3.8) is 0 Å². The van der Waals surface area contributed by atoms with Gasteiger partial charge >= 0.3 is 0 Å². The van der Waals surface area contributed by atoms with Crippen molar-refractivity contribution in [1.82, 2.24) is 40.4 Å². The second-order valence-corrected chi connectivity index (χ2v) is 9.32. The maximum Gasteiger partial charge on any atom is 0.159 e. The van der Waals surface area contributed by atoms with Crippen LogP contribution in [0.1, 0.15) is 12.8 Å². The lowest BCUT2D eigenvalue weighted by Gasteiger charge is -2.23. The molecule has 0 bridgehead atoms. The van der Waals surface area contributed by atoms with Crippen molar-refractivity contribution in [2.24, 2.45) is 0 Å². The van der Waals surface area contributed by atoms with Crippen LogP contribution in [0.25, 0.3) is 56.0 Å². The van der Waals surface area contributed by atoms with E-state index in [1.165, 1.54) is 12.1 Å². The summed E-state index contributed by atoms with van der Waals surface area (Å²) in [5.74, 6) is 1.04. The summed E-state index contributed by atoms with van der Waals surface area (Å²) >= 11 is 0. The number of hydrogen-bond donors (Lipinski definition) is 3. The number of imidazole rings is 1. The first-order valence-corrected chi connectivity index (χ1v) is 12.5. The molecule has 0 unspecified atom stereocenters. The Bertz CT molecular complexity index is 1750. The fourth-order valence-corrected chi connectivity index (χ4v) is 4.86. The van der Waals surface area contributed by atoms with Crippen molar-refractivity contribution in [1.29, 1.82) is 0 Å². The van der Waals surface area contributed by atoms with Crippen LogP contribution in [-0.4, -0.2) is 54.3 Å². The number of H-pyrrole nitrogens is 2. The van der Waals surface area contributed by atoms with Crippen LogP contribution in [0, 0.1) is 5.82 Å². The molecule has 1 aliphatic heterocycles. The van der Waals surface area contributed by atoms with Gasteiger partial charge in [-0.25, -0.2) is 14.4 Å². The number of benzene rings is 1. The van der Waals surface area contributed by atoms with Crippen LogP contribution in [-0.2, 0) is 0 Å². The number of halogens is 1. The zero-order chi connectivity index (χ0) is 25.5. The van der Waals surface area contributed by atoms with Gasteiger partial charge in [0.1, 0.15) is 28.9 Å². The number of aromatic amines is 2. The first-order chi connectivity index (χ1) is 18.7. The number of hydrogen-bond acceptors (Lipinski definition) is 7. The molecule has 38 heavy (non-hydrogen) atoms. The molecule has 0 radical (unpaired) electrons. The average molecular weight is 507 g/mol. The van der Waals surface area contributed by atoms with E-state index in [-0.39, 0.29) is 11.9 Å². The Morgan fingerprint density at radius 2 is 1.71 bits per heavy atom. The van der Waals surface area contributed by atoms with Crippen LogP contribution < -0.4 is 10.1 Å². The zero-order valence-electron chi connectivity index (χ0n) is 20.3. The maximum atomic E-state index is 13.5. The molecule has 1 saturated heterocycles. The summed E-state index contributed by atoms with van der Waals surface area (Å²) in [6, 6.07) is 12.1. The van der Waals surface area contributed by atoms with Crippen LogP contribution in [0.3, 0.4) is 0 Å². The predicted molar refractivity (Wildman–Crippen MR) is 142 cm³/mol. The van der Waals surface area contributed by atoms with Gasteiger partial charge in [-0.3, -0.25) is 15.1 Å². The number of aromatic nitrogens is 7. The number of fused-ring (bicyclic) bond motifs is 2. The van der Waals surface area contributed by atoms with Gasteiger partial charge in [0.15, 0.2) is 11.5 Å². The Morgan fingerprint density at radius 3 is 2.58 bits per heavy atom. The number of rotatable bonds is 5. The van der Waals surface area contributed by atoms with Crippen molar-refractivity contribution >= 4 is 22.1 Å². The summed E-state index contributed by atoms with van der Waals surface area (Å²) in [7, 11) is 0. The van der Waals surface area contributed by atoms with Crippen LogP contribution in [0.5, 0.6) is 5.75 Å². The van der Waals surface area contributed by atoms with E-state index in [2.05, 4.69) is 35.5 Å². The average Bonchev–Trinajstić information content (AvgIpc) is 3.58. The van der Waals surface area contributed by atoms with E-state index in [0.29, 0.717) is 28.4 Å². The lowest BCUT2D eigenvalue weighted by atomic mass is 10.1. The fourth-order valence-electron chi connectivity index (χ4n) is 4.86. The molecule has 9 nitrogen and oxygen atoms in total. The van der Waals surface area contributed by atoms with Crippen LogP contribution >= 0.6 is 0 Å². The summed E-state index contributed by atoms with van der Waals surface area (Å²) in [4.78, 5) is 21.7. The Morgan fingerprint density at radius 1 is 0.868 bits per heavy atom. The minimum absolute atomic E-state index is 0.191. The molecule has 1 aliphatic rings. The Balaban J connectivity index is 1.25. The van der Waals surface area contributed by atoms with Crippen molar-refractivity contribution in [2.75, 3.05) is 13.1 Å². The number of ether oxygens (including phenoxy) is 1. The summed E-state index contributed by atoms with van der Waals surface area (Å²) in [6.07, 6.45) is 9.21. The number of nitrogens with one attached hydrogen (secondary N) is 3. The van der Waals surface area contributed by atoms with E-state index >= 15 is 0 Å². The van der Waals surface area contributed by atoms with E-state index in [1.807, 2.05) is 18.2 Å². The van der Waals surface area contributed by atoms with Gasteiger partial charge in [-0.05, 0) is 68.4 Å². The fraction of sp³-hybridized carbons (Fsp3) is 0.179. The molecule has 0 spiro atoms. The monoisotopic (exact) mass is 506 g/mol.